The van der Waals surface area contributed by atoms with E-state index in [1.54, 1.807) is 22.2 Å². The van der Waals surface area contributed by atoms with Crippen LogP contribution in [0.3, 0.4) is 0 Å². The largest absolute Gasteiger partial charge is 0.489 e. The van der Waals surface area contributed by atoms with Gasteiger partial charge < -0.3 is 14.4 Å². The summed E-state index contributed by atoms with van der Waals surface area (Å²) in [7, 11) is 5.26. The Morgan fingerprint density at radius 3 is 2.61 bits per heavy atom. The summed E-state index contributed by atoms with van der Waals surface area (Å²) >= 11 is 0. The molecule has 0 fully saturated rings. The van der Waals surface area contributed by atoms with Crippen molar-refractivity contribution >= 4 is 30.0 Å². The van der Waals surface area contributed by atoms with Crippen LogP contribution in [-0.2, 0) is 4.74 Å². The Balaban J connectivity index is 2.29. The smallest absolute Gasteiger partial charge is 0.411 e. The van der Waals surface area contributed by atoms with Crippen molar-refractivity contribution in [1.29, 1.82) is 5.26 Å². The van der Waals surface area contributed by atoms with Gasteiger partial charge in [0.05, 0.1) is 25.7 Å². The fourth-order valence-electron chi connectivity index (χ4n) is 2.71. The van der Waals surface area contributed by atoms with Crippen molar-refractivity contribution in [3.05, 3.63) is 17.7 Å². The second-order valence-corrected chi connectivity index (χ2v) is 7.63. The molecule has 0 aliphatic carbocycles. The average Bonchev–Trinajstić information content (AvgIpc) is 2.64. The van der Waals surface area contributed by atoms with Crippen molar-refractivity contribution in [2.45, 2.75) is 26.4 Å². The number of ether oxygens (including phenoxy) is 2. The lowest BCUT2D eigenvalue weighted by atomic mass is 10.1. The van der Waals surface area contributed by atoms with Crippen LogP contribution in [0, 0.1) is 11.3 Å². The van der Waals surface area contributed by atoms with Crippen LogP contribution >= 0.6 is 0 Å². The van der Waals surface area contributed by atoms with Crippen LogP contribution in [0.4, 0.5) is 16.2 Å². The zero-order valence-electron chi connectivity index (χ0n) is 17.4. The molecule has 1 heterocycles. The molecule has 1 aromatic carbocycles. The van der Waals surface area contributed by atoms with Gasteiger partial charge in [0.1, 0.15) is 23.8 Å². The number of hydrogen-bond acceptors (Lipinski definition) is 5. The average molecular weight is 386 g/mol. The van der Waals surface area contributed by atoms with E-state index in [0.29, 0.717) is 36.6 Å². The highest BCUT2D eigenvalue weighted by atomic mass is 16.6. The minimum atomic E-state index is -0.526. The molecule has 0 radical (unpaired) electrons. The molecular weight excluding hydrogens is 358 g/mol. The van der Waals surface area contributed by atoms with Gasteiger partial charge in [-0.05, 0) is 26.8 Å². The van der Waals surface area contributed by atoms with Crippen LogP contribution < -0.4 is 4.74 Å². The molecule has 1 aromatic rings. The van der Waals surface area contributed by atoms with Gasteiger partial charge in [-0.2, -0.15) is 9.84 Å². The Kier molecular flexibility index (Phi) is 6.62. The van der Waals surface area contributed by atoms with Gasteiger partial charge in [-0.1, -0.05) is 0 Å². The molecular formula is C20H28N5O3+. The fourth-order valence-corrected chi connectivity index (χ4v) is 2.71. The second-order valence-electron chi connectivity index (χ2n) is 7.63. The number of carbonyl (C=O) groups excluding carboxylic acids is 1. The molecule has 0 N–H and O–H groups in total. The number of benzene rings is 1. The van der Waals surface area contributed by atoms with E-state index in [9.17, 15) is 10.1 Å². The Labute approximate surface area is 166 Å². The highest BCUT2D eigenvalue weighted by Crippen LogP contribution is 2.37. The number of amides is 1. The molecule has 2 rings (SSSR count). The first kappa shape index (κ1) is 21.2. The van der Waals surface area contributed by atoms with Crippen molar-refractivity contribution in [2.75, 3.05) is 40.8 Å². The van der Waals surface area contributed by atoms with E-state index < -0.39 is 5.60 Å². The summed E-state index contributed by atoms with van der Waals surface area (Å²) in [6, 6.07) is 5.86. The molecule has 0 saturated carbocycles. The number of methoxy groups -OCH3 is 1. The van der Waals surface area contributed by atoms with Crippen LogP contribution in [0.25, 0.3) is 0 Å². The van der Waals surface area contributed by atoms with Gasteiger partial charge in [0, 0.05) is 20.2 Å². The Hall–Kier alpha value is -3.08. The standard InChI is InChI=1S/C20H28N5O3/c1-20(2,3)28-19(26)25-11-9-24(10-12-25)17-8-7-16(22-14-23(4)5)15(13-21)18(17)27-6/h7-9,14H,10-12H2,1-6H3/q+1. The van der Waals surface area contributed by atoms with E-state index in [1.807, 2.05) is 51.7 Å². The van der Waals surface area contributed by atoms with Gasteiger partial charge in [-0.3, -0.25) is 4.90 Å². The molecule has 8 nitrogen and oxygen atoms in total. The van der Waals surface area contributed by atoms with Crippen molar-refractivity contribution in [1.82, 2.24) is 9.80 Å². The SMILES string of the molecule is COc1c([N+]2=CCN(C(=O)OC(C)(C)C)CC2)ccc(N=CN(C)C)c1C#N. The lowest BCUT2D eigenvalue weighted by Gasteiger charge is -2.27. The van der Waals surface area contributed by atoms with Crippen molar-refractivity contribution in [3.63, 3.8) is 0 Å². The summed E-state index contributed by atoms with van der Waals surface area (Å²) in [4.78, 5) is 20.0. The monoisotopic (exact) mass is 386 g/mol. The second kappa shape index (κ2) is 8.74. The summed E-state index contributed by atoms with van der Waals surface area (Å²) in [5.74, 6) is 0.470. The van der Waals surface area contributed by atoms with Crippen molar-refractivity contribution in [2.24, 2.45) is 4.99 Å². The third-order valence-electron chi connectivity index (χ3n) is 3.95. The molecule has 0 spiro atoms. The van der Waals surface area contributed by atoms with Gasteiger partial charge >= 0.3 is 6.09 Å². The fraction of sp³-hybridized carbons (Fsp3) is 0.500. The highest BCUT2D eigenvalue weighted by molar-refractivity contribution is 5.75. The van der Waals surface area contributed by atoms with Gasteiger partial charge in [0.25, 0.3) is 0 Å². The van der Waals surface area contributed by atoms with Gasteiger partial charge in [0.2, 0.25) is 11.4 Å². The first-order valence-corrected chi connectivity index (χ1v) is 9.06. The van der Waals surface area contributed by atoms with Gasteiger partial charge in [-0.25, -0.2) is 9.79 Å². The summed E-state index contributed by atoms with van der Waals surface area (Å²) in [5.41, 5.74) is 1.17. The highest BCUT2D eigenvalue weighted by Gasteiger charge is 2.29. The molecule has 150 valence electrons. The van der Waals surface area contributed by atoms with Crippen molar-refractivity contribution in [3.8, 4) is 11.8 Å². The van der Waals surface area contributed by atoms with E-state index in [-0.39, 0.29) is 6.09 Å². The lowest BCUT2D eigenvalue weighted by molar-refractivity contribution is -0.443. The molecule has 8 heteroatoms. The van der Waals surface area contributed by atoms with E-state index >= 15 is 0 Å². The number of nitrogens with zero attached hydrogens (tertiary/aromatic N) is 5. The van der Waals surface area contributed by atoms with Crippen LogP contribution in [0.2, 0.25) is 0 Å². The maximum atomic E-state index is 12.2. The predicted octanol–water partition coefficient (Wildman–Crippen LogP) is 2.75. The number of nitriles is 1. The lowest BCUT2D eigenvalue weighted by Crippen LogP contribution is -2.44. The molecule has 1 aliphatic heterocycles. The third kappa shape index (κ3) is 5.22. The molecule has 1 aliphatic rings. The molecule has 28 heavy (non-hydrogen) atoms. The summed E-state index contributed by atoms with van der Waals surface area (Å²) in [6.07, 6.45) is 3.21. The first-order chi connectivity index (χ1) is 13.2. The van der Waals surface area contributed by atoms with Crippen LogP contribution in [0.1, 0.15) is 26.3 Å². The quantitative estimate of drug-likeness (QED) is 0.451. The van der Waals surface area contributed by atoms with Crippen LogP contribution in [0.15, 0.2) is 17.1 Å². The zero-order valence-corrected chi connectivity index (χ0v) is 17.4. The van der Waals surface area contributed by atoms with Gasteiger partial charge in [-0.15, -0.1) is 0 Å². The molecule has 0 saturated heterocycles. The summed E-state index contributed by atoms with van der Waals surface area (Å²) in [6.45, 7) is 7.04. The van der Waals surface area contributed by atoms with Crippen LogP contribution in [0.5, 0.6) is 5.75 Å². The molecule has 0 bridgehead atoms. The number of aliphatic imine (C=N–C) groups is 1. The Morgan fingerprint density at radius 1 is 1.39 bits per heavy atom. The Morgan fingerprint density at radius 2 is 2.11 bits per heavy atom. The van der Waals surface area contributed by atoms with E-state index in [2.05, 4.69) is 11.1 Å². The van der Waals surface area contributed by atoms with E-state index in [4.69, 9.17) is 9.47 Å². The number of hydrogen-bond donors (Lipinski definition) is 0. The minimum absolute atomic E-state index is 0.332. The predicted molar refractivity (Wildman–Crippen MR) is 108 cm³/mol. The molecule has 1 amide bonds. The topological polar surface area (TPSA) is 81.2 Å². The van der Waals surface area contributed by atoms with Gasteiger partial charge in [0.15, 0.2) is 12.8 Å². The zero-order chi connectivity index (χ0) is 20.9. The number of carbonyl (C=O) groups is 1. The molecule has 0 atom stereocenters. The first-order valence-electron chi connectivity index (χ1n) is 9.06. The van der Waals surface area contributed by atoms with E-state index in [1.165, 1.54) is 7.11 Å². The summed E-state index contributed by atoms with van der Waals surface area (Å²) in [5, 5.41) is 9.63. The maximum Gasteiger partial charge on any atom is 0.411 e. The van der Waals surface area contributed by atoms with Crippen molar-refractivity contribution < 1.29 is 18.8 Å². The normalized spacial score (nSPS) is 14.5. The minimum Gasteiger partial charge on any atom is -0.489 e. The molecule has 0 unspecified atom stereocenters. The third-order valence-corrected chi connectivity index (χ3v) is 3.95. The van der Waals surface area contributed by atoms with E-state index in [0.717, 1.165) is 5.69 Å². The summed E-state index contributed by atoms with van der Waals surface area (Å²) < 4.78 is 12.9. The number of rotatable bonds is 4. The Bertz CT molecular complexity index is 831. The van der Waals surface area contributed by atoms with Crippen LogP contribution in [-0.4, -0.2) is 79.5 Å². The molecule has 0 aromatic heterocycles. The maximum absolute atomic E-state index is 12.2.